The van der Waals surface area contributed by atoms with E-state index < -0.39 is 0 Å². The molecule has 3 aromatic carbocycles. The number of rotatable bonds is 8. The summed E-state index contributed by atoms with van der Waals surface area (Å²) in [7, 11) is 1.58. The van der Waals surface area contributed by atoms with Crippen LogP contribution < -0.4 is 15.4 Å². The van der Waals surface area contributed by atoms with E-state index in [9.17, 15) is 9.59 Å². The van der Waals surface area contributed by atoms with Crippen LogP contribution >= 0.6 is 23.1 Å². The van der Waals surface area contributed by atoms with Crippen molar-refractivity contribution >= 4 is 45.7 Å². The third-order valence-electron chi connectivity index (χ3n) is 4.63. The number of hydrogen-bond donors (Lipinski definition) is 2. The summed E-state index contributed by atoms with van der Waals surface area (Å²) < 4.78 is 5.12. The van der Waals surface area contributed by atoms with E-state index in [1.54, 1.807) is 31.4 Å². The van der Waals surface area contributed by atoms with Crippen LogP contribution in [0, 0.1) is 0 Å². The lowest BCUT2D eigenvalue weighted by atomic mass is 10.2. The van der Waals surface area contributed by atoms with Gasteiger partial charge in [-0.05, 0) is 42.5 Å². The average Bonchev–Trinajstić information content (AvgIpc) is 3.32. The van der Waals surface area contributed by atoms with Crippen molar-refractivity contribution < 1.29 is 14.3 Å². The summed E-state index contributed by atoms with van der Waals surface area (Å²) in [5.74, 6) is 0.574. The SMILES string of the molecule is COc1ccc(C(=O)Nc2cccc(SCC(=O)Nc3nc(-c4ccccc4)cs3)c2)cc1. The van der Waals surface area contributed by atoms with Crippen molar-refractivity contribution in [3.05, 3.63) is 89.8 Å². The first-order valence-electron chi connectivity index (χ1n) is 10.1. The highest BCUT2D eigenvalue weighted by Gasteiger charge is 2.10. The number of nitrogens with one attached hydrogen (secondary N) is 2. The second-order valence-electron chi connectivity index (χ2n) is 6.95. The molecule has 0 radical (unpaired) electrons. The molecule has 2 N–H and O–H groups in total. The molecule has 0 bridgehead atoms. The Morgan fingerprint density at radius 3 is 2.52 bits per heavy atom. The quantitative estimate of drug-likeness (QED) is 0.315. The molecule has 0 atom stereocenters. The van der Waals surface area contributed by atoms with Gasteiger partial charge in [0.1, 0.15) is 5.75 Å². The van der Waals surface area contributed by atoms with E-state index in [2.05, 4.69) is 15.6 Å². The maximum absolute atomic E-state index is 12.5. The number of aromatic nitrogens is 1. The summed E-state index contributed by atoms with van der Waals surface area (Å²) in [5, 5.41) is 8.22. The average molecular weight is 476 g/mol. The van der Waals surface area contributed by atoms with Gasteiger partial charge in [-0.15, -0.1) is 23.1 Å². The van der Waals surface area contributed by atoms with Gasteiger partial charge in [0.25, 0.3) is 5.91 Å². The first-order valence-corrected chi connectivity index (χ1v) is 12.0. The minimum atomic E-state index is -0.212. The lowest BCUT2D eigenvalue weighted by Gasteiger charge is -2.08. The number of anilines is 2. The molecule has 1 heterocycles. The Hall–Kier alpha value is -3.62. The highest BCUT2D eigenvalue weighted by Crippen LogP contribution is 2.26. The van der Waals surface area contributed by atoms with Gasteiger partial charge in [0.2, 0.25) is 5.91 Å². The lowest BCUT2D eigenvalue weighted by Crippen LogP contribution is -2.14. The standard InChI is InChI=1S/C25H21N3O3S2/c1-31-20-12-10-18(11-13-20)24(30)26-19-8-5-9-21(14-19)32-16-23(29)28-25-27-22(15-33-25)17-6-3-2-4-7-17/h2-15H,16H2,1H3,(H,26,30)(H,27,28,29). The Bertz CT molecular complexity index is 1240. The lowest BCUT2D eigenvalue weighted by molar-refractivity contribution is -0.113. The molecule has 2 amide bonds. The van der Waals surface area contributed by atoms with Gasteiger partial charge in [-0.25, -0.2) is 4.98 Å². The molecule has 0 spiro atoms. The van der Waals surface area contributed by atoms with Crippen LogP contribution in [0.25, 0.3) is 11.3 Å². The van der Waals surface area contributed by atoms with Gasteiger partial charge < -0.3 is 15.4 Å². The highest BCUT2D eigenvalue weighted by molar-refractivity contribution is 8.00. The summed E-state index contributed by atoms with van der Waals surface area (Å²) >= 11 is 2.79. The summed E-state index contributed by atoms with van der Waals surface area (Å²) in [6.07, 6.45) is 0. The molecule has 0 saturated heterocycles. The van der Waals surface area contributed by atoms with E-state index in [0.29, 0.717) is 22.1 Å². The van der Waals surface area contributed by atoms with Gasteiger partial charge in [-0.1, -0.05) is 36.4 Å². The zero-order valence-electron chi connectivity index (χ0n) is 17.8. The number of carbonyl (C=O) groups excluding carboxylic acids is 2. The van der Waals surface area contributed by atoms with Crippen molar-refractivity contribution in [2.45, 2.75) is 4.90 Å². The van der Waals surface area contributed by atoms with Gasteiger partial charge in [0, 0.05) is 27.1 Å². The molecule has 0 unspecified atom stereocenters. The van der Waals surface area contributed by atoms with Crippen LogP contribution in [0.15, 0.2) is 89.1 Å². The number of thioether (sulfide) groups is 1. The van der Waals surface area contributed by atoms with Crippen molar-refractivity contribution in [2.24, 2.45) is 0 Å². The fourth-order valence-electron chi connectivity index (χ4n) is 2.99. The topological polar surface area (TPSA) is 80.3 Å². The molecule has 0 aliphatic carbocycles. The monoisotopic (exact) mass is 475 g/mol. The smallest absolute Gasteiger partial charge is 0.255 e. The normalized spacial score (nSPS) is 10.5. The minimum absolute atomic E-state index is 0.137. The number of ether oxygens (including phenoxy) is 1. The van der Waals surface area contributed by atoms with Crippen LogP contribution in [0.2, 0.25) is 0 Å². The van der Waals surface area contributed by atoms with Crippen LogP contribution in [0.5, 0.6) is 5.75 Å². The number of benzene rings is 3. The Morgan fingerprint density at radius 2 is 1.76 bits per heavy atom. The highest BCUT2D eigenvalue weighted by atomic mass is 32.2. The molecule has 1 aromatic heterocycles. The van der Waals surface area contributed by atoms with E-state index in [1.165, 1.54) is 23.1 Å². The molecule has 0 saturated carbocycles. The second kappa shape index (κ2) is 10.8. The molecule has 33 heavy (non-hydrogen) atoms. The number of hydrogen-bond acceptors (Lipinski definition) is 6. The number of carbonyl (C=O) groups is 2. The van der Waals surface area contributed by atoms with Crippen LogP contribution in [0.1, 0.15) is 10.4 Å². The second-order valence-corrected chi connectivity index (χ2v) is 8.86. The predicted molar refractivity (Wildman–Crippen MR) is 134 cm³/mol. The Labute approximate surface area is 200 Å². The van der Waals surface area contributed by atoms with Gasteiger partial charge in [0.15, 0.2) is 5.13 Å². The molecule has 0 aliphatic rings. The first-order chi connectivity index (χ1) is 16.1. The zero-order chi connectivity index (χ0) is 23.0. The predicted octanol–water partition coefficient (Wildman–Crippen LogP) is 5.80. The van der Waals surface area contributed by atoms with Crippen molar-refractivity contribution in [3.63, 3.8) is 0 Å². The van der Waals surface area contributed by atoms with E-state index >= 15 is 0 Å². The van der Waals surface area contributed by atoms with E-state index in [0.717, 1.165) is 16.2 Å². The molecule has 166 valence electrons. The van der Waals surface area contributed by atoms with Gasteiger partial charge >= 0.3 is 0 Å². The molecule has 8 heteroatoms. The zero-order valence-corrected chi connectivity index (χ0v) is 19.4. The minimum Gasteiger partial charge on any atom is -0.497 e. The van der Waals surface area contributed by atoms with E-state index in [-0.39, 0.29) is 17.6 Å². The fraction of sp³-hybridized carbons (Fsp3) is 0.0800. The Kier molecular flexibility index (Phi) is 7.39. The molecular weight excluding hydrogens is 454 g/mol. The molecule has 6 nitrogen and oxygen atoms in total. The van der Waals surface area contributed by atoms with Crippen LogP contribution in [-0.4, -0.2) is 29.7 Å². The van der Waals surface area contributed by atoms with E-state index in [4.69, 9.17) is 4.74 Å². The van der Waals surface area contributed by atoms with Crippen molar-refractivity contribution in [2.75, 3.05) is 23.5 Å². The third kappa shape index (κ3) is 6.21. The van der Waals surface area contributed by atoms with E-state index in [1.807, 2.05) is 60.0 Å². The van der Waals surface area contributed by atoms with Gasteiger partial charge in [-0.3, -0.25) is 9.59 Å². The molecule has 4 aromatic rings. The van der Waals surface area contributed by atoms with Crippen molar-refractivity contribution in [1.82, 2.24) is 4.98 Å². The van der Waals surface area contributed by atoms with Crippen molar-refractivity contribution in [3.8, 4) is 17.0 Å². The summed E-state index contributed by atoms with van der Waals surface area (Å²) in [6, 6.07) is 24.1. The largest absolute Gasteiger partial charge is 0.497 e. The number of methoxy groups -OCH3 is 1. The van der Waals surface area contributed by atoms with Crippen LogP contribution in [0.4, 0.5) is 10.8 Å². The van der Waals surface area contributed by atoms with Crippen LogP contribution in [0.3, 0.4) is 0 Å². The number of amides is 2. The maximum atomic E-state index is 12.5. The fourth-order valence-corrected chi connectivity index (χ4v) is 4.48. The Balaban J connectivity index is 1.30. The van der Waals surface area contributed by atoms with Gasteiger partial charge in [-0.2, -0.15) is 0 Å². The molecular formula is C25H21N3O3S2. The molecule has 4 rings (SSSR count). The first kappa shape index (κ1) is 22.6. The maximum Gasteiger partial charge on any atom is 0.255 e. The van der Waals surface area contributed by atoms with Gasteiger partial charge in [0.05, 0.1) is 18.6 Å². The summed E-state index contributed by atoms with van der Waals surface area (Å²) in [6.45, 7) is 0. The third-order valence-corrected chi connectivity index (χ3v) is 6.39. The Morgan fingerprint density at radius 1 is 0.970 bits per heavy atom. The van der Waals surface area contributed by atoms with Crippen LogP contribution in [-0.2, 0) is 4.79 Å². The number of nitrogens with zero attached hydrogens (tertiary/aromatic N) is 1. The number of thiazole rings is 1. The molecule has 0 aliphatic heterocycles. The molecule has 0 fully saturated rings. The summed E-state index contributed by atoms with van der Waals surface area (Å²) in [5.41, 5.74) is 3.04. The van der Waals surface area contributed by atoms with Crippen molar-refractivity contribution in [1.29, 1.82) is 0 Å². The summed E-state index contributed by atoms with van der Waals surface area (Å²) in [4.78, 5) is 30.2.